The van der Waals surface area contributed by atoms with Gasteiger partial charge in [-0.3, -0.25) is 9.98 Å². The van der Waals surface area contributed by atoms with Gasteiger partial charge in [0.05, 0.1) is 12.4 Å². The van der Waals surface area contributed by atoms with Crippen molar-refractivity contribution in [1.82, 2.24) is 34.0 Å². The molecule has 4 heterocycles. The van der Waals surface area contributed by atoms with E-state index in [1.807, 2.05) is 62.7 Å². The molecule has 0 radical (unpaired) electrons. The molecular weight excluding hydrogens is 364 g/mol. The minimum atomic E-state index is 0.824. The van der Waals surface area contributed by atoms with Gasteiger partial charge in [-0.1, -0.05) is 12.2 Å². The molecule has 0 aliphatic heterocycles. The van der Waals surface area contributed by atoms with Crippen LogP contribution in [0.15, 0.2) is 79.5 Å². The summed E-state index contributed by atoms with van der Waals surface area (Å²) >= 11 is 0. The van der Waals surface area contributed by atoms with Crippen LogP contribution in [0, 0.1) is 6.92 Å². The van der Waals surface area contributed by atoms with E-state index in [0.717, 1.165) is 23.5 Å². The fourth-order valence-corrected chi connectivity index (χ4v) is 1.91. The van der Waals surface area contributed by atoms with Crippen LogP contribution in [0.5, 0.6) is 0 Å². The lowest BCUT2D eigenvalue weighted by Crippen LogP contribution is -1.88. The highest BCUT2D eigenvalue weighted by atomic mass is 15.3. The Morgan fingerprint density at radius 2 is 1.90 bits per heavy atom. The second-order valence-corrected chi connectivity index (χ2v) is 5.43. The van der Waals surface area contributed by atoms with Crippen LogP contribution in [0.3, 0.4) is 0 Å². The summed E-state index contributed by atoms with van der Waals surface area (Å²) in [7, 11) is 0. The quantitative estimate of drug-likeness (QED) is 0.380. The molecule has 0 saturated heterocycles. The first-order chi connectivity index (χ1) is 14.2. The van der Waals surface area contributed by atoms with Gasteiger partial charge in [-0.2, -0.15) is 5.10 Å². The predicted molar refractivity (Wildman–Crippen MR) is 118 cm³/mol. The number of aliphatic imine (C=N–C) groups is 1. The summed E-state index contributed by atoms with van der Waals surface area (Å²) in [5.74, 6) is 0. The highest BCUT2D eigenvalue weighted by Gasteiger charge is 1.94. The van der Waals surface area contributed by atoms with Gasteiger partial charge in [0.2, 0.25) is 0 Å². The van der Waals surface area contributed by atoms with Crippen LogP contribution in [0.2, 0.25) is 0 Å². The van der Waals surface area contributed by atoms with Crippen molar-refractivity contribution in [2.45, 2.75) is 27.7 Å². The van der Waals surface area contributed by atoms with E-state index in [0.29, 0.717) is 0 Å². The van der Waals surface area contributed by atoms with Gasteiger partial charge in [-0.15, -0.1) is 6.58 Å². The number of fused-ring (bicyclic) bond motifs is 2. The van der Waals surface area contributed by atoms with E-state index in [1.165, 1.54) is 6.33 Å². The molecule has 0 bridgehead atoms. The van der Waals surface area contributed by atoms with Gasteiger partial charge >= 0.3 is 0 Å². The summed E-state index contributed by atoms with van der Waals surface area (Å²) in [5, 5.41) is 3.91. The summed E-state index contributed by atoms with van der Waals surface area (Å²) in [6.07, 6.45) is 19.5. The normalized spacial score (nSPS) is 10.1. The SMILES string of the molecule is C/C=C\C=NCC.C=CC.Cc1cnc2cnccn12.c1ncn2nccc2n1. The lowest BCUT2D eigenvalue weighted by atomic mass is 10.5. The Balaban J connectivity index is 0.000000207. The highest BCUT2D eigenvalue weighted by molar-refractivity contribution is 5.70. The zero-order valence-corrected chi connectivity index (χ0v) is 17.4. The molecule has 4 aromatic rings. The van der Waals surface area contributed by atoms with Crippen molar-refractivity contribution in [2.75, 3.05) is 6.54 Å². The fourth-order valence-electron chi connectivity index (χ4n) is 1.91. The van der Waals surface area contributed by atoms with E-state index < -0.39 is 0 Å². The molecule has 4 rings (SSSR count). The molecule has 0 aliphatic rings. The average Bonchev–Trinajstić information content (AvgIpc) is 3.37. The maximum Gasteiger partial charge on any atom is 0.158 e. The number of hydrogen-bond acceptors (Lipinski definition) is 6. The zero-order valence-electron chi connectivity index (χ0n) is 17.4. The summed E-state index contributed by atoms with van der Waals surface area (Å²) in [5.41, 5.74) is 2.86. The number of rotatable bonds is 2. The minimum absolute atomic E-state index is 0.824. The molecule has 0 amide bonds. The van der Waals surface area contributed by atoms with E-state index in [1.54, 1.807) is 41.7 Å². The van der Waals surface area contributed by atoms with Crippen LogP contribution in [-0.4, -0.2) is 46.7 Å². The number of nitrogens with zero attached hydrogens (tertiary/aromatic N) is 8. The van der Waals surface area contributed by atoms with Crippen LogP contribution in [0.25, 0.3) is 11.3 Å². The first-order valence-electron chi connectivity index (χ1n) is 9.19. The maximum atomic E-state index is 4.12. The summed E-state index contributed by atoms with van der Waals surface area (Å²) in [4.78, 5) is 19.7. The Labute approximate surface area is 171 Å². The largest absolute Gasteiger partial charge is 0.302 e. The van der Waals surface area contributed by atoms with Crippen molar-refractivity contribution < 1.29 is 0 Å². The Kier molecular flexibility index (Phi) is 11.6. The van der Waals surface area contributed by atoms with Crippen molar-refractivity contribution in [2.24, 2.45) is 4.99 Å². The molecule has 0 atom stereocenters. The van der Waals surface area contributed by atoms with Crippen molar-refractivity contribution in [3.63, 3.8) is 0 Å². The van der Waals surface area contributed by atoms with Crippen LogP contribution in [0.1, 0.15) is 26.5 Å². The van der Waals surface area contributed by atoms with Crippen LogP contribution >= 0.6 is 0 Å². The smallest absolute Gasteiger partial charge is 0.158 e. The van der Waals surface area contributed by atoms with E-state index >= 15 is 0 Å². The summed E-state index contributed by atoms with van der Waals surface area (Å²) in [6.45, 7) is 12.1. The summed E-state index contributed by atoms with van der Waals surface area (Å²) < 4.78 is 3.60. The number of aryl methyl sites for hydroxylation is 1. The first kappa shape index (κ1) is 23.4. The monoisotopic (exact) mass is 392 g/mol. The van der Waals surface area contributed by atoms with Crippen molar-refractivity contribution in [3.05, 3.63) is 80.2 Å². The van der Waals surface area contributed by atoms with Crippen LogP contribution in [0.4, 0.5) is 0 Å². The molecule has 0 aromatic carbocycles. The Hall–Kier alpha value is -3.68. The van der Waals surface area contributed by atoms with Gasteiger partial charge in [-0.25, -0.2) is 19.5 Å². The van der Waals surface area contributed by atoms with E-state index in [2.05, 4.69) is 36.6 Å². The van der Waals surface area contributed by atoms with Gasteiger partial charge in [0.15, 0.2) is 11.3 Å². The third-order valence-corrected chi connectivity index (χ3v) is 3.15. The lowest BCUT2D eigenvalue weighted by Gasteiger charge is -1.91. The number of hydrogen-bond donors (Lipinski definition) is 0. The van der Waals surface area contributed by atoms with Gasteiger partial charge < -0.3 is 4.40 Å². The van der Waals surface area contributed by atoms with Gasteiger partial charge in [0, 0.05) is 43.1 Å². The molecule has 0 saturated carbocycles. The number of aromatic nitrogens is 7. The van der Waals surface area contributed by atoms with E-state index in [-0.39, 0.29) is 0 Å². The molecule has 0 unspecified atom stereocenters. The summed E-state index contributed by atoms with van der Waals surface area (Å²) in [6, 6.07) is 1.82. The molecular formula is C21H28N8. The number of imidazole rings is 1. The van der Waals surface area contributed by atoms with Crippen molar-refractivity contribution >= 4 is 17.5 Å². The topological polar surface area (TPSA) is 85.6 Å². The highest BCUT2D eigenvalue weighted by Crippen LogP contribution is 2.01. The second-order valence-electron chi connectivity index (χ2n) is 5.43. The molecule has 0 fully saturated rings. The lowest BCUT2D eigenvalue weighted by molar-refractivity contribution is 0.891. The third-order valence-electron chi connectivity index (χ3n) is 3.15. The molecule has 8 heteroatoms. The first-order valence-corrected chi connectivity index (χ1v) is 9.19. The molecule has 4 aromatic heterocycles. The standard InChI is InChI=1S/C7H7N3.C6H11N.C5H4N4.C3H6/c1-6-4-9-7-5-8-2-3-10(6)7;1-3-5-6-7-4-2;1-2-8-9-4-6-3-7-5(1)9;1-3-2/h2-5H,1H3;3,5-6H,4H2,1-2H3;1-4H;3H,1H2,2H3/b;5-3-,7-6?;;. The number of allylic oxidation sites excluding steroid dienone is 3. The van der Waals surface area contributed by atoms with Gasteiger partial charge in [0.1, 0.15) is 12.7 Å². The third kappa shape index (κ3) is 8.70. The van der Waals surface area contributed by atoms with Crippen molar-refractivity contribution in [3.8, 4) is 0 Å². The molecule has 0 aliphatic carbocycles. The maximum absolute atomic E-state index is 4.12. The fraction of sp³-hybridized carbons (Fsp3) is 0.238. The predicted octanol–water partition coefficient (Wildman–Crippen LogP) is 4.01. The van der Waals surface area contributed by atoms with E-state index in [9.17, 15) is 0 Å². The van der Waals surface area contributed by atoms with Crippen molar-refractivity contribution in [1.29, 1.82) is 0 Å². The second kappa shape index (κ2) is 14.4. The molecule has 8 nitrogen and oxygen atoms in total. The van der Waals surface area contributed by atoms with Gasteiger partial charge in [0.25, 0.3) is 0 Å². The zero-order chi connectivity index (χ0) is 21.3. The Morgan fingerprint density at radius 3 is 2.55 bits per heavy atom. The molecule has 0 N–H and O–H groups in total. The molecule has 0 spiro atoms. The Bertz CT molecular complexity index is 983. The van der Waals surface area contributed by atoms with Crippen LogP contribution in [-0.2, 0) is 0 Å². The molecule has 152 valence electrons. The minimum Gasteiger partial charge on any atom is -0.302 e. The average molecular weight is 393 g/mol. The Morgan fingerprint density at radius 1 is 1.10 bits per heavy atom. The van der Waals surface area contributed by atoms with Crippen LogP contribution < -0.4 is 0 Å². The van der Waals surface area contributed by atoms with Gasteiger partial charge in [-0.05, 0) is 33.8 Å². The molecule has 29 heavy (non-hydrogen) atoms. The van der Waals surface area contributed by atoms with E-state index in [4.69, 9.17) is 0 Å².